The maximum Gasteiger partial charge on any atom is 0.391 e. The molecule has 1 aromatic carbocycles. The molecule has 0 saturated heterocycles. The highest BCUT2D eigenvalue weighted by atomic mass is 19.4. The molecule has 1 rings (SSSR count). The average molecular weight is 371 g/mol. The summed E-state index contributed by atoms with van der Waals surface area (Å²) in [5.74, 6) is -1.62. The molecule has 0 aliphatic heterocycles. The molecule has 2 unspecified atom stereocenters. The van der Waals surface area contributed by atoms with Crippen molar-refractivity contribution in [2.45, 2.75) is 57.7 Å². The molecule has 0 aliphatic carbocycles. The van der Waals surface area contributed by atoms with Crippen LogP contribution in [0.5, 0.6) is 0 Å². The van der Waals surface area contributed by atoms with E-state index in [1.54, 1.807) is 0 Å². The number of carbonyl (C=O) groups is 1. The fraction of sp³-hybridized carbons (Fsp3) is 0.611. The molecule has 0 heterocycles. The van der Waals surface area contributed by atoms with Crippen molar-refractivity contribution in [2.24, 2.45) is 11.0 Å². The van der Waals surface area contributed by atoms with Gasteiger partial charge < -0.3 is 4.74 Å². The third kappa shape index (κ3) is 7.78. The highest BCUT2D eigenvalue weighted by molar-refractivity contribution is 5.69. The molecule has 144 valence electrons. The molecule has 8 heteroatoms. The average Bonchev–Trinajstić information content (AvgIpc) is 2.60. The number of esters is 1. The summed E-state index contributed by atoms with van der Waals surface area (Å²) in [6.45, 7) is 1.16. The number of hydrogen-bond acceptors (Lipinski definition) is 3. The fourth-order valence-electron chi connectivity index (χ4n) is 2.58. The summed E-state index contributed by atoms with van der Waals surface area (Å²) in [4.78, 5) is 13.9. The number of aryl methyl sites for hydroxylation is 1. The predicted octanol–water partition coefficient (Wildman–Crippen LogP) is 5.90. The second kappa shape index (κ2) is 10.7. The van der Waals surface area contributed by atoms with Crippen LogP contribution in [0.4, 0.5) is 13.2 Å². The van der Waals surface area contributed by atoms with Gasteiger partial charge in [-0.15, -0.1) is 0 Å². The van der Waals surface area contributed by atoms with Crippen LogP contribution < -0.4 is 0 Å². The standard InChI is InChI=1S/C18H24F3N3O2/c1-13(18(19,20)21)5-3-7-16(23-24-22)15-11-9-14(10-12-15)6-4-8-17(25)26-2/h9-13,16H,3-8H2,1-2H3. The van der Waals surface area contributed by atoms with Crippen molar-refractivity contribution in [3.63, 3.8) is 0 Å². The fourth-order valence-corrected chi connectivity index (χ4v) is 2.58. The molecule has 0 radical (unpaired) electrons. The first-order valence-electron chi connectivity index (χ1n) is 8.54. The van der Waals surface area contributed by atoms with Crippen LogP contribution >= 0.6 is 0 Å². The Morgan fingerprint density at radius 2 is 1.88 bits per heavy atom. The van der Waals surface area contributed by atoms with Gasteiger partial charge in [-0.25, -0.2) is 0 Å². The van der Waals surface area contributed by atoms with E-state index in [-0.39, 0.29) is 12.4 Å². The minimum Gasteiger partial charge on any atom is -0.469 e. The molecule has 0 spiro atoms. The zero-order valence-corrected chi connectivity index (χ0v) is 15.0. The van der Waals surface area contributed by atoms with Crippen molar-refractivity contribution in [1.82, 2.24) is 0 Å². The van der Waals surface area contributed by atoms with Crippen molar-refractivity contribution < 1.29 is 22.7 Å². The first-order chi connectivity index (χ1) is 12.3. The normalized spacial score (nSPS) is 13.6. The number of halogens is 3. The number of ether oxygens (including phenoxy) is 1. The van der Waals surface area contributed by atoms with E-state index in [4.69, 9.17) is 5.53 Å². The molecular weight excluding hydrogens is 347 g/mol. The summed E-state index contributed by atoms with van der Waals surface area (Å²) in [5, 5.41) is 3.72. The molecule has 26 heavy (non-hydrogen) atoms. The lowest BCUT2D eigenvalue weighted by molar-refractivity contribution is -0.171. The van der Waals surface area contributed by atoms with Crippen LogP contribution in [0.25, 0.3) is 10.4 Å². The number of benzene rings is 1. The van der Waals surface area contributed by atoms with Gasteiger partial charge in [0, 0.05) is 11.3 Å². The zero-order valence-electron chi connectivity index (χ0n) is 15.0. The molecule has 0 fully saturated rings. The summed E-state index contributed by atoms with van der Waals surface area (Å²) < 4.78 is 42.2. The molecule has 0 aromatic heterocycles. The summed E-state index contributed by atoms with van der Waals surface area (Å²) in [5.41, 5.74) is 10.5. The van der Waals surface area contributed by atoms with Crippen LogP contribution in [-0.4, -0.2) is 19.3 Å². The van der Waals surface area contributed by atoms with Gasteiger partial charge in [0.25, 0.3) is 0 Å². The third-order valence-electron chi connectivity index (χ3n) is 4.30. The first kappa shape index (κ1) is 21.8. The number of carbonyl (C=O) groups excluding carboxylic acids is 1. The lowest BCUT2D eigenvalue weighted by atomic mass is 9.96. The van der Waals surface area contributed by atoms with Crippen LogP contribution in [-0.2, 0) is 16.0 Å². The Balaban J connectivity index is 2.58. The van der Waals surface area contributed by atoms with Crippen LogP contribution in [0.1, 0.15) is 56.2 Å². The van der Waals surface area contributed by atoms with Crippen LogP contribution in [0.2, 0.25) is 0 Å². The van der Waals surface area contributed by atoms with Crippen molar-refractivity contribution in [3.05, 3.63) is 45.8 Å². The Bertz CT molecular complexity index is 611. The highest BCUT2D eigenvalue weighted by Crippen LogP contribution is 2.32. The van der Waals surface area contributed by atoms with Crippen LogP contribution in [0.3, 0.4) is 0 Å². The van der Waals surface area contributed by atoms with E-state index in [1.807, 2.05) is 24.3 Å². The third-order valence-corrected chi connectivity index (χ3v) is 4.30. The largest absolute Gasteiger partial charge is 0.469 e. The van der Waals surface area contributed by atoms with E-state index in [2.05, 4.69) is 14.8 Å². The summed E-state index contributed by atoms with van der Waals surface area (Å²) >= 11 is 0. The molecular formula is C18H24F3N3O2. The summed E-state index contributed by atoms with van der Waals surface area (Å²) in [6, 6.07) is 6.92. The Morgan fingerprint density at radius 1 is 1.23 bits per heavy atom. The van der Waals surface area contributed by atoms with Gasteiger partial charge >= 0.3 is 12.1 Å². The number of azide groups is 1. The van der Waals surface area contributed by atoms with Gasteiger partial charge in [0.2, 0.25) is 0 Å². The van der Waals surface area contributed by atoms with Crippen molar-refractivity contribution in [3.8, 4) is 0 Å². The van der Waals surface area contributed by atoms with E-state index in [0.717, 1.165) is 18.1 Å². The first-order valence-corrected chi connectivity index (χ1v) is 8.54. The number of nitrogens with zero attached hydrogens (tertiary/aromatic N) is 3. The monoisotopic (exact) mass is 371 g/mol. The maximum atomic E-state index is 12.6. The predicted molar refractivity (Wildman–Crippen MR) is 92.4 cm³/mol. The Hall–Kier alpha value is -2.21. The van der Waals surface area contributed by atoms with E-state index in [9.17, 15) is 18.0 Å². The van der Waals surface area contributed by atoms with Crippen molar-refractivity contribution >= 4 is 5.97 Å². The van der Waals surface area contributed by atoms with Gasteiger partial charge in [-0.1, -0.05) is 42.7 Å². The molecule has 0 N–H and O–H groups in total. The van der Waals surface area contributed by atoms with Gasteiger partial charge in [0.15, 0.2) is 0 Å². The van der Waals surface area contributed by atoms with Crippen molar-refractivity contribution in [2.75, 3.05) is 7.11 Å². The maximum absolute atomic E-state index is 12.6. The SMILES string of the molecule is COC(=O)CCCc1ccc(C(CCCC(C)C(F)(F)F)N=[N+]=[N-])cc1. The van der Waals surface area contributed by atoms with E-state index >= 15 is 0 Å². The van der Waals surface area contributed by atoms with Gasteiger partial charge in [-0.05, 0) is 42.3 Å². The summed E-state index contributed by atoms with van der Waals surface area (Å²) in [7, 11) is 1.35. The molecule has 1 aromatic rings. The molecule has 5 nitrogen and oxygen atoms in total. The van der Waals surface area contributed by atoms with E-state index in [1.165, 1.54) is 7.11 Å². The second-order valence-electron chi connectivity index (χ2n) is 6.27. The highest BCUT2D eigenvalue weighted by Gasteiger charge is 2.35. The minimum atomic E-state index is -4.19. The number of hydrogen-bond donors (Lipinski definition) is 0. The number of rotatable bonds is 10. The number of methoxy groups -OCH3 is 1. The quantitative estimate of drug-likeness (QED) is 0.222. The second-order valence-corrected chi connectivity index (χ2v) is 6.27. The van der Waals surface area contributed by atoms with Crippen LogP contribution in [0, 0.1) is 5.92 Å². The molecule has 2 atom stereocenters. The summed E-state index contributed by atoms with van der Waals surface area (Å²) in [6.07, 6.45) is -1.77. The smallest absolute Gasteiger partial charge is 0.391 e. The van der Waals surface area contributed by atoms with Gasteiger partial charge in [0.1, 0.15) is 0 Å². The molecule has 0 aliphatic rings. The number of alkyl halides is 3. The van der Waals surface area contributed by atoms with Crippen LogP contribution in [0.15, 0.2) is 29.4 Å². The van der Waals surface area contributed by atoms with Gasteiger partial charge in [0.05, 0.1) is 19.1 Å². The minimum absolute atomic E-state index is 0.00651. The molecule has 0 saturated carbocycles. The van der Waals surface area contributed by atoms with Gasteiger partial charge in [-0.3, -0.25) is 4.79 Å². The van der Waals surface area contributed by atoms with E-state index < -0.39 is 18.1 Å². The Kier molecular flexibility index (Phi) is 8.99. The lowest BCUT2D eigenvalue weighted by Gasteiger charge is -2.17. The Morgan fingerprint density at radius 3 is 2.42 bits per heavy atom. The topological polar surface area (TPSA) is 75.1 Å². The van der Waals surface area contributed by atoms with E-state index in [0.29, 0.717) is 32.1 Å². The molecule has 0 bridgehead atoms. The zero-order chi connectivity index (χ0) is 19.6. The molecule has 0 amide bonds. The lowest BCUT2D eigenvalue weighted by Crippen LogP contribution is -2.19. The van der Waals surface area contributed by atoms with Crippen molar-refractivity contribution in [1.29, 1.82) is 0 Å². The van der Waals surface area contributed by atoms with Gasteiger partial charge in [-0.2, -0.15) is 13.2 Å². The Labute approximate surface area is 151 Å².